The molecule has 0 aliphatic heterocycles. The van der Waals surface area contributed by atoms with Crippen LogP contribution >= 0.6 is 0 Å². The Morgan fingerprint density at radius 3 is 2.17 bits per heavy atom. The Bertz CT molecular complexity index is 1060. The van der Waals surface area contributed by atoms with Crippen molar-refractivity contribution in [3.63, 3.8) is 0 Å². The Morgan fingerprint density at radius 1 is 0.900 bits per heavy atom. The molecule has 2 bridgehead atoms. The summed E-state index contributed by atoms with van der Waals surface area (Å²) < 4.78 is 0. The van der Waals surface area contributed by atoms with Gasteiger partial charge in [0.15, 0.2) is 5.78 Å². The van der Waals surface area contributed by atoms with E-state index in [9.17, 15) is 4.79 Å². The summed E-state index contributed by atoms with van der Waals surface area (Å²) in [5.74, 6) is 0.469. The Kier molecular flexibility index (Phi) is 4.25. The number of benzene rings is 2. The van der Waals surface area contributed by atoms with Crippen LogP contribution in [0.2, 0.25) is 0 Å². The van der Waals surface area contributed by atoms with Gasteiger partial charge in [-0.1, -0.05) is 81.4 Å². The molecule has 0 saturated heterocycles. The molecule has 0 unspecified atom stereocenters. The van der Waals surface area contributed by atoms with Crippen LogP contribution in [0.25, 0.3) is 0 Å². The SMILES string of the molecule is CC(C)(C)c1ccc(C(=O)C23CC(c4ccccc4)(C[C@H]2c2ccccn2)C3)cc1. The minimum atomic E-state index is -0.340. The highest BCUT2D eigenvalue weighted by molar-refractivity contribution is 6.03. The lowest BCUT2D eigenvalue weighted by molar-refractivity contribution is 0.0537. The van der Waals surface area contributed by atoms with E-state index in [2.05, 4.69) is 74.3 Å². The first-order valence-electron chi connectivity index (χ1n) is 11.0. The van der Waals surface area contributed by atoms with Crippen LogP contribution in [0.15, 0.2) is 79.0 Å². The molecule has 3 fully saturated rings. The van der Waals surface area contributed by atoms with E-state index in [-0.39, 0.29) is 22.2 Å². The molecule has 0 N–H and O–H groups in total. The molecular weight excluding hydrogens is 366 g/mol. The zero-order valence-corrected chi connectivity index (χ0v) is 18.1. The average molecular weight is 396 g/mol. The molecule has 3 saturated carbocycles. The van der Waals surface area contributed by atoms with Crippen molar-refractivity contribution in [3.05, 3.63) is 101 Å². The smallest absolute Gasteiger partial charge is 0.169 e. The van der Waals surface area contributed by atoms with Gasteiger partial charge < -0.3 is 0 Å². The highest BCUT2D eigenvalue weighted by Gasteiger charge is 2.70. The highest BCUT2D eigenvalue weighted by Crippen LogP contribution is 2.73. The third-order valence-electron chi connectivity index (χ3n) is 7.47. The molecule has 1 atom stereocenters. The maximum absolute atomic E-state index is 13.9. The van der Waals surface area contributed by atoms with Crippen molar-refractivity contribution >= 4 is 5.78 Å². The van der Waals surface area contributed by atoms with Crippen LogP contribution in [-0.4, -0.2) is 10.8 Å². The van der Waals surface area contributed by atoms with Gasteiger partial charge in [-0.25, -0.2) is 0 Å². The topological polar surface area (TPSA) is 30.0 Å². The van der Waals surface area contributed by atoms with Gasteiger partial charge in [-0.15, -0.1) is 0 Å². The lowest BCUT2D eigenvalue weighted by Crippen LogP contribution is -2.47. The number of hydrogen-bond acceptors (Lipinski definition) is 2. The number of carbonyl (C=O) groups is 1. The van der Waals surface area contributed by atoms with Crippen molar-refractivity contribution < 1.29 is 4.79 Å². The first kappa shape index (κ1) is 19.2. The zero-order valence-electron chi connectivity index (χ0n) is 18.1. The molecule has 1 heterocycles. The predicted molar refractivity (Wildman–Crippen MR) is 121 cm³/mol. The van der Waals surface area contributed by atoms with Crippen molar-refractivity contribution in [2.45, 2.75) is 56.8 Å². The molecule has 0 spiro atoms. The fourth-order valence-corrected chi connectivity index (χ4v) is 5.94. The maximum atomic E-state index is 13.9. The second kappa shape index (κ2) is 6.63. The summed E-state index contributed by atoms with van der Waals surface area (Å²) in [5.41, 5.74) is 4.38. The molecule has 3 aromatic rings. The van der Waals surface area contributed by atoms with Crippen LogP contribution in [0.1, 0.15) is 73.1 Å². The summed E-state index contributed by atoms with van der Waals surface area (Å²) in [4.78, 5) is 18.6. The maximum Gasteiger partial charge on any atom is 0.169 e. The standard InChI is InChI=1S/C28H29NO/c1-26(2,3)21-14-12-20(13-15-21)25(30)28-18-27(19-28,22-9-5-4-6-10-22)17-23(28)24-11-7-8-16-29-24/h4-16,23H,17-19H2,1-3H3/t23-,27?,28?/m0/s1. The van der Waals surface area contributed by atoms with Crippen LogP contribution in [0.4, 0.5) is 0 Å². The summed E-state index contributed by atoms with van der Waals surface area (Å²) in [5, 5.41) is 0. The van der Waals surface area contributed by atoms with Crippen molar-refractivity contribution in [2.24, 2.45) is 5.41 Å². The first-order chi connectivity index (χ1) is 14.3. The quantitative estimate of drug-likeness (QED) is 0.474. The molecule has 1 aromatic heterocycles. The molecule has 152 valence electrons. The largest absolute Gasteiger partial charge is 0.294 e. The molecule has 6 rings (SSSR count). The summed E-state index contributed by atoms with van der Waals surface area (Å²) >= 11 is 0. The van der Waals surface area contributed by atoms with Gasteiger partial charge in [-0.3, -0.25) is 9.78 Å². The van der Waals surface area contributed by atoms with E-state index < -0.39 is 0 Å². The highest BCUT2D eigenvalue weighted by atomic mass is 16.1. The van der Waals surface area contributed by atoms with E-state index in [1.165, 1.54) is 11.1 Å². The molecule has 3 aliphatic rings. The van der Waals surface area contributed by atoms with Gasteiger partial charge in [-0.05, 0) is 53.4 Å². The number of rotatable bonds is 4. The Hall–Kier alpha value is -2.74. The molecule has 3 aliphatic carbocycles. The molecule has 2 nitrogen and oxygen atoms in total. The normalized spacial score (nSPS) is 27.5. The molecule has 0 amide bonds. The molecule has 2 aromatic carbocycles. The Morgan fingerprint density at radius 2 is 1.57 bits per heavy atom. The number of aromatic nitrogens is 1. The van der Waals surface area contributed by atoms with Crippen molar-refractivity contribution in [1.29, 1.82) is 0 Å². The van der Waals surface area contributed by atoms with E-state index in [4.69, 9.17) is 0 Å². The lowest BCUT2D eigenvalue weighted by atomic mass is 9.54. The van der Waals surface area contributed by atoms with Gasteiger partial charge in [0.1, 0.15) is 0 Å². The van der Waals surface area contributed by atoms with Gasteiger partial charge in [-0.2, -0.15) is 0 Å². The van der Waals surface area contributed by atoms with E-state index in [0.29, 0.717) is 5.78 Å². The number of ketones is 1. The van der Waals surface area contributed by atoms with E-state index >= 15 is 0 Å². The second-order valence-corrected chi connectivity index (χ2v) is 10.3. The summed E-state index contributed by atoms with van der Waals surface area (Å²) in [7, 11) is 0. The molecule has 2 heteroatoms. The minimum Gasteiger partial charge on any atom is -0.294 e. The van der Waals surface area contributed by atoms with Crippen molar-refractivity contribution in [3.8, 4) is 0 Å². The first-order valence-corrected chi connectivity index (χ1v) is 11.0. The number of hydrogen-bond donors (Lipinski definition) is 0. The number of nitrogens with zero attached hydrogens (tertiary/aromatic N) is 1. The Balaban J connectivity index is 1.53. The summed E-state index contributed by atoms with van der Waals surface area (Å²) in [6.07, 6.45) is 4.70. The number of carbonyl (C=O) groups excluding carboxylic acids is 1. The van der Waals surface area contributed by atoms with E-state index in [1.54, 1.807) is 0 Å². The summed E-state index contributed by atoms with van der Waals surface area (Å²) in [6.45, 7) is 6.62. The van der Waals surface area contributed by atoms with Gasteiger partial charge >= 0.3 is 0 Å². The van der Waals surface area contributed by atoms with Crippen molar-refractivity contribution in [2.75, 3.05) is 0 Å². The van der Waals surface area contributed by atoms with Crippen LogP contribution in [0.5, 0.6) is 0 Å². The predicted octanol–water partition coefficient (Wildman–Crippen LogP) is 6.47. The molecular formula is C28H29NO. The van der Waals surface area contributed by atoms with Gasteiger partial charge in [0.2, 0.25) is 0 Å². The number of Topliss-reactive ketones (excluding diaryl/α,β-unsaturated/α-hetero) is 1. The van der Waals surface area contributed by atoms with Gasteiger partial charge in [0.25, 0.3) is 0 Å². The third kappa shape index (κ3) is 2.85. The van der Waals surface area contributed by atoms with Crippen molar-refractivity contribution in [1.82, 2.24) is 4.98 Å². The number of pyridine rings is 1. The fourth-order valence-electron chi connectivity index (χ4n) is 5.94. The zero-order chi connectivity index (χ0) is 21.0. The molecule has 30 heavy (non-hydrogen) atoms. The van der Waals surface area contributed by atoms with E-state index in [0.717, 1.165) is 30.5 Å². The lowest BCUT2D eigenvalue weighted by Gasteiger charge is -2.48. The van der Waals surface area contributed by atoms with Gasteiger partial charge in [0.05, 0.1) is 0 Å². The van der Waals surface area contributed by atoms with Crippen LogP contribution in [0, 0.1) is 5.41 Å². The van der Waals surface area contributed by atoms with Crippen LogP contribution in [-0.2, 0) is 10.8 Å². The number of fused-ring (bicyclic) bond motifs is 1. The van der Waals surface area contributed by atoms with E-state index in [1.807, 2.05) is 30.5 Å². The minimum absolute atomic E-state index is 0.0860. The second-order valence-electron chi connectivity index (χ2n) is 10.3. The monoisotopic (exact) mass is 395 g/mol. The Labute approximate surface area is 179 Å². The average Bonchev–Trinajstić information content (AvgIpc) is 3.27. The van der Waals surface area contributed by atoms with Crippen LogP contribution < -0.4 is 0 Å². The summed E-state index contributed by atoms with van der Waals surface area (Å²) in [6, 6.07) is 25.2. The fraction of sp³-hybridized carbons (Fsp3) is 0.357. The van der Waals surface area contributed by atoms with Crippen LogP contribution in [0.3, 0.4) is 0 Å². The van der Waals surface area contributed by atoms with Gasteiger partial charge in [0, 0.05) is 28.8 Å². The third-order valence-corrected chi connectivity index (χ3v) is 7.47. The molecule has 0 radical (unpaired) electrons.